The quantitative estimate of drug-likeness (QED) is 0.406. The van der Waals surface area contributed by atoms with Crippen molar-refractivity contribution in [2.24, 2.45) is 0 Å². The number of rotatable bonds is 2. The Morgan fingerprint density at radius 1 is 1.29 bits per heavy atom. The van der Waals surface area contributed by atoms with Crippen molar-refractivity contribution in [1.82, 2.24) is 0 Å². The molecule has 0 atom stereocenters. The van der Waals surface area contributed by atoms with E-state index in [0.717, 1.165) is 12.2 Å². The van der Waals surface area contributed by atoms with Crippen molar-refractivity contribution in [3.63, 3.8) is 0 Å². The average molecular weight is 224 g/mol. The fourth-order valence-electron chi connectivity index (χ4n) is 0.559. The van der Waals surface area contributed by atoms with Crippen molar-refractivity contribution in [1.29, 1.82) is 0 Å². The van der Waals surface area contributed by atoms with E-state index >= 15 is 0 Å². The van der Waals surface area contributed by atoms with Crippen LogP contribution in [-0.4, -0.2) is 13.9 Å². The molecule has 0 saturated heterocycles. The Kier molecular flexibility index (Phi) is 2.57. The van der Waals surface area contributed by atoms with Gasteiger partial charge in [-0.1, -0.05) is 11.5 Å². The zero-order chi connectivity index (χ0) is 10.8. The molecule has 1 rings (SSSR count). The maximum Gasteiger partial charge on any atom is 0.534 e. The second-order valence-electron chi connectivity index (χ2n) is 2.15. The fraction of sp³-hybridized carbons (Fsp3) is 0.143. The normalized spacial score (nSPS) is 15.5. The zero-order valence-electron chi connectivity index (χ0n) is 6.50. The Hall–Kier alpha value is -1.42. The minimum absolute atomic E-state index is 0.457. The Morgan fingerprint density at radius 3 is 2.36 bits per heavy atom. The van der Waals surface area contributed by atoms with Crippen LogP contribution in [0.1, 0.15) is 0 Å². The van der Waals surface area contributed by atoms with E-state index in [1.54, 1.807) is 0 Å². The number of halogens is 3. The van der Waals surface area contributed by atoms with Gasteiger partial charge in [-0.25, -0.2) is 0 Å². The van der Waals surface area contributed by atoms with Crippen LogP contribution in [0.4, 0.5) is 13.2 Å². The van der Waals surface area contributed by atoms with E-state index < -0.39 is 21.4 Å². The summed E-state index contributed by atoms with van der Waals surface area (Å²) in [6.45, 7) is 0. The molecule has 0 saturated carbocycles. The molecule has 0 amide bonds. The number of alkyl halides is 3. The first-order valence-electron chi connectivity index (χ1n) is 3.21. The molecule has 14 heavy (non-hydrogen) atoms. The highest BCUT2D eigenvalue weighted by atomic mass is 32.2. The van der Waals surface area contributed by atoms with E-state index in [9.17, 15) is 21.6 Å². The van der Waals surface area contributed by atoms with Crippen molar-refractivity contribution < 1.29 is 25.8 Å². The molecular formula is C7H3F3O3S. The van der Waals surface area contributed by atoms with Gasteiger partial charge >= 0.3 is 15.6 Å². The smallest absolute Gasteiger partial charge is 0.375 e. The number of hydrogen-bond acceptors (Lipinski definition) is 3. The molecule has 0 aromatic heterocycles. The van der Waals surface area contributed by atoms with E-state index in [1.807, 2.05) is 0 Å². The lowest BCUT2D eigenvalue weighted by Crippen LogP contribution is -2.25. The standard InChI is InChI=1S/C7H3F3O3S/c8-7(9,10)14(11,12)13-6-4-2-1-3-5-6/h2,4-5H. The molecule has 0 fully saturated rings. The molecule has 7 heteroatoms. The maximum atomic E-state index is 11.8. The summed E-state index contributed by atoms with van der Waals surface area (Å²) in [4.78, 5) is 0. The van der Waals surface area contributed by atoms with Gasteiger partial charge in [0.25, 0.3) is 0 Å². The van der Waals surface area contributed by atoms with Crippen LogP contribution in [0.15, 0.2) is 35.4 Å². The molecule has 0 aliphatic heterocycles. The van der Waals surface area contributed by atoms with E-state index in [-0.39, 0.29) is 0 Å². The monoisotopic (exact) mass is 224 g/mol. The van der Waals surface area contributed by atoms with Crippen molar-refractivity contribution in [3.8, 4) is 0 Å². The van der Waals surface area contributed by atoms with Gasteiger partial charge in [-0.15, -0.1) is 0 Å². The van der Waals surface area contributed by atoms with Crippen LogP contribution < -0.4 is 0 Å². The first-order chi connectivity index (χ1) is 6.33. The second kappa shape index (κ2) is 3.38. The van der Waals surface area contributed by atoms with E-state index in [2.05, 4.69) is 15.6 Å². The molecule has 0 unspecified atom stereocenters. The highest BCUT2D eigenvalue weighted by molar-refractivity contribution is 7.87. The lowest BCUT2D eigenvalue weighted by Gasteiger charge is -2.09. The largest absolute Gasteiger partial charge is 0.534 e. The number of hydrogen-bond donors (Lipinski definition) is 0. The van der Waals surface area contributed by atoms with Gasteiger partial charge in [-0.05, 0) is 12.2 Å². The molecule has 0 bridgehead atoms. The first-order valence-corrected chi connectivity index (χ1v) is 4.62. The van der Waals surface area contributed by atoms with Crippen LogP contribution in [-0.2, 0) is 14.3 Å². The van der Waals surface area contributed by atoms with E-state index in [1.165, 1.54) is 6.08 Å². The molecule has 0 aromatic carbocycles. The van der Waals surface area contributed by atoms with Crippen LogP contribution in [0.5, 0.6) is 0 Å². The van der Waals surface area contributed by atoms with Crippen LogP contribution in [0, 0.1) is 0 Å². The molecule has 76 valence electrons. The molecular weight excluding hydrogens is 221 g/mol. The summed E-state index contributed by atoms with van der Waals surface area (Å²) in [6.07, 6.45) is 3.14. The van der Waals surface area contributed by atoms with E-state index in [4.69, 9.17) is 0 Å². The van der Waals surface area contributed by atoms with Crippen molar-refractivity contribution in [2.75, 3.05) is 0 Å². The van der Waals surface area contributed by atoms with Crippen LogP contribution >= 0.6 is 0 Å². The predicted molar refractivity (Wildman–Crippen MR) is 40.3 cm³/mol. The van der Waals surface area contributed by atoms with Crippen LogP contribution in [0.3, 0.4) is 0 Å². The highest BCUT2D eigenvalue weighted by Gasteiger charge is 2.48. The molecule has 0 N–H and O–H groups in total. The maximum absolute atomic E-state index is 11.8. The summed E-state index contributed by atoms with van der Waals surface area (Å²) >= 11 is 0. The van der Waals surface area contributed by atoms with Crippen LogP contribution in [0.2, 0.25) is 0 Å². The molecule has 1 aliphatic carbocycles. The SMILES string of the molecule is O=S(=O)(OC1=CC=C=C=C1)C(F)(F)F. The van der Waals surface area contributed by atoms with Crippen molar-refractivity contribution in [2.45, 2.75) is 5.51 Å². The third-order valence-electron chi connectivity index (χ3n) is 1.12. The van der Waals surface area contributed by atoms with Gasteiger partial charge in [0, 0.05) is 6.08 Å². The molecule has 3 nitrogen and oxygen atoms in total. The van der Waals surface area contributed by atoms with Gasteiger partial charge in [0.2, 0.25) is 0 Å². The summed E-state index contributed by atoms with van der Waals surface area (Å²) in [5, 5.41) is 0. The number of allylic oxidation sites excluding steroid dienone is 3. The van der Waals surface area contributed by atoms with Gasteiger partial charge in [0.05, 0.1) is 0 Å². The van der Waals surface area contributed by atoms with Crippen molar-refractivity contribution in [3.05, 3.63) is 35.4 Å². The Balaban J connectivity index is 2.87. The minimum Gasteiger partial charge on any atom is -0.375 e. The van der Waals surface area contributed by atoms with Crippen LogP contribution in [0.25, 0.3) is 0 Å². The Bertz CT molecular complexity index is 457. The minimum atomic E-state index is -5.58. The highest BCUT2D eigenvalue weighted by Crippen LogP contribution is 2.26. The second-order valence-corrected chi connectivity index (χ2v) is 3.69. The van der Waals surface area contributed by atoms with Gasteiger partial charge in [-0.2, -0.15) is 21.6 Å². The van der Waals surface area contributed by atoms with Gasteiger partial charge in [-0.3, -0.25) is 0 Å². The van der Waals surface area contributed by atoms with Gasteiger partial charge in [0.15, 0.2) is 5.76 Å². The van der Waals surface area contributed by atoms with Gasteiger partial charge < -0.3 is 4.18 Å². The summed E-state index contributed by atoms with van der Waals surface area (Å²) in [5.41, 5.74) is -0.795. The molecule has 0 radical (unpaired) electrons. The third-order valence-corrected chi connectivity index (χ3v) is 2.10. The molecule has 0 heterocycles. The molecule has 1 aliphatic rings. The van der Waals surface area contributed by atoms with Crippen molar-refractivity contribution >= 4 is 10.1 Å². The molecule has 0 spiro atoms. The summed E-state index contributed by atoms with van der Waals surface area (Å²) < 4.78 is 60.0. The Morgan fingerprint density at radius 2 is 1.93 bits per heavy atom. The third kappa shape index (κ3) is 2.29. The predicted octanol–water partition coefficient (Wildman–Crippen LogP) is 1.62. The lowest BCUT2D eigenvalue weighted by molar-refractivity contribution is -0.0519. The topological polar surface area (TPSA) is 43.4 Å². The molecule has 0 aromatic rings. The first kappa shape index (κ1) is 10.7. The lowest BCUT2D eigenvalue weighted by atomic mass is 10.3. The fourth-order valence-corrected chi connectivity index (χ4v) is 1.01. The van der Waals surface area contributed by atoms with E-state index in [0.29, 0.717) is 0 Å². The van der Waals surface area contributed by atoms with Gasteiger partial charge in [0.1, 0.15) is 0 Å². The summed E-state index contributed by atoms with van der Waals surface area (Å²) in [7, 11) is -5.58. The summed E-state index contributed by atoms with van der Waals surface area (Å²) in [6, 6.07) is 0. The summed E-state index contributed by atoms with van der Waals surface area (Å²) in [5.74, 6) is -0.457. The average Bonchev–Trinajstić information content (AvgIpc) is 2.03. The zero-order valence-corrected chi connectivity index (χ0v) is 7.32. The Labute approximate surface area is 77.6 Å².